The number of carbonyl (C=O) groups excluding carboxylic acids is 1. The highest BCUT2D eigenvalue weighted by molar-refractivity contribution is 8.13. The maximum Gasteiger partial charge on any atom is 0.415 e. The number of alkyl halides is 3. The minimum absolute atomic E-state index is 0. The van der Waals surface area contributed by atoms with Gasteiger partial charge < -0.3 is 15.8 Å². The molecule has 178 valence electrons. The number of aryl methyl sites for hydroxylation is 1. The fraction of sp³-hybridized carbons (Fsp3) is 0.409. The van der Waals surface area contributed by atoms with Crippen molar-refractivity contribution in [2.75, 3.05) is 17.7 Å². The van der Waals surface area contributed by atoms with Crippen molar-refractivity contribution in [3.05, 3.63) is 59.2 Å². The van der Waals surface area contributed by atoms with E-state index >= 15 is 0 Å². The van der Waals surface area contributed by atoms with Crippen LogP contribution in [0, 0.1) is 11.7 Å². The second kappa shape index (κ2) is 9.30. The highest BCUT2D eigenvalue weighted by Gasteiger charge is 2.62. The van der Waals surface area contributed by atoms with Crippen LogP contribution in [0.15, 0.2) is 41.5 Å². The van der Waals surface area contributed by atoms with Crippen molar-refractivity contribution < 1.29 is 27.1 Å². The van der Waals surface area contributed by atoms with Crippen LogP contribution in [-0.4, -0.2) is 40.7 Å². The summed E-state index contributed by atoms with van der Waals surface area (Å²) in [5, 5.41) is 2.67. The molecule has 1 saturated heterocycles. The predicted octanol–water partition coefficient (Wildman–Crippen LogP) is 4.51. The third-order valence-electron chi connectivity index (χ3n) is 5.66. The van der Waals surface area contributed by atoms with E-state index in [1.165, 1.54) is 12.1 Å². The van der Waals surface area contributed by atoms with Crippen LogP contribution in [0.3, 0.4) is 0 Å². The molecule has 0 saturated carbocycles. The number of pyridine rings is 1. The fourth-order valence-electron chi connectivity index (χ4n) is 3.99. The van der Waals surface area contributed by atoms with E-state index in [4.69, 9.17) is 10.5 Å². The van der Waals surface area contributed by atoms with Gasteiger partial charge in [-0.25, -0.2) is 9.38 Å². The van der Waals surface area contributed by atoms with Gasteiger partial charge in [0.2, 0.25) is 0 Å². The van der Waals surface area contributed by atoms with Gasteiger partial charge in [0.25, 0.3) is 5.91 Å². The molecule has 0 spiro atoms. The third kappa shape index (κ3) is 4.70. The number of hydrogen-bond acceptors (Lipinski definition) is 6. The summed E-state index contributed by atoms with van der Waals surface area (Å²) in [6.45, 7) is 1.48. The number of fused-ring (bicyclic) bond motifs is 1. The number of aliphatic imine (C=N–C) groups is 1. The van der Waals surface area contributed by atoms with Crippen molar-refractivity contribution in [1.82, 2.24) is 4.98 Å². The molecule has 1 aromatic heterocycles. The van der Waals surface area contributed by atoms with Gasteiger partial charge in [0, 0.05) is 29.1 Å². The molecule has 6 nitrogen and oxygen atoms in total. The highest BCUT2D eigenvalue weighted by Crippen LogP contribution is 2.52. The number of ether oxygens (including phenoxy) is 1. The Balaban J connectivity index is 0.00000306. The highest BCUT2D eigenvalue weighted by atomic mass is 32.2. The molecule has 11 heteroatoms. The predicted molar refractivity (Wildman–Crippen MR) is 120 cm³/mol. The van der Waals surface area contributed by atoms with E-state index in [1.807, 2.05) is 6.92 Å². The molecule has 3 N–H and O–H groups in total. The van der Waals surface area contributed by atoms with Gasteiger partial charge in [-0.15, -0.1) is 0 Å². The molecule has 0 unspecified atom stereocenters. The standard InChI is InChI=1S/C21H20F4N4O2S.CH4/c1-2-11-3-6-16(27-8-11)18(30)28-12-4-5-15(22)13(7-12)20-10-31-17(21(23,24)25)14(20)9-32-19(26)29-20;/h3-8,14,17H,2,9-10H2,1H3,(H2,26,29)(H,28,30);1H4/t14-,17+,20-;/m1./s1. The molecule has 3 heterocycles. The Hall–Kier alpha value is -2.66. The second-order valence-corrected chi connectivity index (χ2v) is 8.66. The summed E-state index contributed by atoms with van der Waals surface area (Å²) in [5.74, 6) is -2.47. The van der Waals surface area contributed by atoms with E-state index in [0.29, 0.717) is 0 Å². The van der Waals surface area contributed by atoms with E-state index in [-0.39, 0.29) is 35.3 Å². The molecule has 33 heavy (non-hydrogen) atoms. The normalized spacial score (nSPS) is 24.5. The number of amidine groups is 1. The molecule has 1 amide bonds. The molecule has 0 aliphatic carbocycles. The zero-order valence-corrected chi connectivity index (χ0v) is 17.8. The Morgan fingerprint density at radius 1 is 1.33 bits per heavy atom. The minimum atomic E-state index is -4.63. The van der Waals surface area contributed by atoms with Gasteiger partial charge in [0.15, 0.2) is 11.3 Å². The van der Waals surface area contributed by atoms with Crippen LogP contribution < -0.4 is 11.1 Å². The van der Waals surface area contributed by atoms with Gasteiger partial charge in [-0.05, 0) is 36.2 Å². The molecule has 3 atom stereocenters. The van der Waals surface area contributed by atoms with Crippen molar-refractivity contribution in [3.8, 4) is 0 Å². The van der Waals surface area contributed by atoms with Crippen LogP contribution in [0.1, 0.15) is 36.0 Å². The molecule has 1 aromatic carbocycles. The van der Waals surface area contributed by atoms with E-state index in [1.54, 1.807) is 18.3 Å². The molecule has 4 rings (SSSR count). The number of rotatable bonds is 4. The summed E-state index contributed by atoms with van der Waals surface area (Å²) in [6.07, 6.45) is -4.38. The number of amides is 1. The van der Waals surface area contributed by atoms with Gasteiger partial charge in [-0.1, -0.05) is 32.2 Å². The largest absolute Gasteiger partial charge is 0.415 e. The maximum atomic E-state index is 14.9. The topological polar surface area (TPSA) is 89.6 Å². The van der Waals surface area contributed by atoms with E-state index in [2.05, 4.69) is 15.3 Å². The quantitative estimate of drug-likeness (QED) is 0.624. The first-order valence-electron chi connectivity index (χ1n) is 9.87. The van der Waals surface area contributed by atoms with Crippen LogP contribution >= 0.6 is 11.8 Å². The summed E-state index contributed by atoms with van der Waals surface area (Å²) < 4.78 is 60.6. The summed E-state index contributed by atoms with van der Waals surface area (Å²) in [5.41, 5.74) is 5.38. The number of thioether (sulfide) groups is 1. The summed E-state index contributed by atoms with van der Waals surface area (Å²) in [6, 6.07) is 7.03. The van der Waals surface area contributed by atoms with Crippen molar-refractivity contribution >= 4 is 28.5 Å². The van der Waals surface area contributed by atoms with Gasteiger partial charge in [-0.3, -0.25) is 9.78 Å². The molecule has 2 aromatic rings. The van der Waals surface area contributed by atoms with Crippen molar-refractivity contribution in [2.24, 2.45) is 16.6 Å². The van der Waals surface area contributed by atoms with Crippen molar-refractivity contribution in [3.63, 3.8) is 0 Å². The monoisotopic (exact) mass is 484 g/mol. The zero-order chi connectivity index (χ0) is 23.1. The molecule has 1 fully saturated rings. The lowest BCUT2D eigenvalue weighted by Crippen LogP contribution is -2.46. The third-order valence-corrected chi connectivity index (χ3v) is 6.57. The van der Waals surface area contributed by atoms with Crippen LogP contribution in [0.5, 0.6) is 0 Å². The minimum Gasteiger partial charge on any atom is -0.379 e. The van der Waals surface area contributed by atoms with Crippen LogP contribution in [0.4, 0.5) is 23.2 Å². The zero-order valence-electron chi connectivity index (χ0n) is 16.9. The number of hydrogen-bond donors (Lipinski definition) is 2. The SMILES string of the molecule is C.CCc1ccc(C(=O)Nc2ccc(F)c([C@]34CO[C@H](C(F)(F)F)[C@H]3CSC(N)=N4)c2)nc1. The Bertz CT molecular complexity index is 1060. The Morgan fingerprint density at radius 2 is 2.09 bits per heavy atom. The second-order valence-electron chi connectivity index (χ2n) is 7.62. The number of carbonyl (C=O) groups is 1. The fourth-order valence-corrected chi connectivity index (χ4v) is 5.02. The van der Waals surface area contributed by atoms with Crippen LogP contribution in [-0.2, 0) is 16.7 Å². The summed E-state index contributed by atoms with van der Waals surface area (Å²) in [4.78, 5) is 20.9. The van der Waals surface area contributed by atoms with Gasteiger partial charge in [0.1, 0.15) is 17.1 Å². The van der Waals surface area contributed by atoms with E-state index in [0.717, 1.165) is 29.8 Å². The van der Waals surface area contributed by atoms with Gasteiger partial charge in [0.05, 0.1) is 6.61 Å². The number of nitrogens with one attached hydrogen (secondary N) is 1. The molecule has 0 bridgehead atoms. The Morgan fingerprint density at radius 3 is 2.73 bits per heavy atom. The average Bonchev–Trinajstić information content (AvgIpc) is 3.15. The van der Waals surface area contributed by atoms with Gasteiger partial charge >= 0.3 is 6.18 Å². The van der Waals surface area contributed by atoms with E-state index in [9.17, 15) is 22.4 Å². The number of nitrogens with zero attached hydrogens (tertiary/aromatic N) is 2. The lowest BCUT2D eigenvalue weighted by atomic mass is 9.78. The molecule has 0 radical (unpaired) electrons. The van der Waals surface area contributed by atoms with Crippen LogP contribution in [0.2, 0.25) is 0 Å². The number of halogens is 4. The lowest BCUT2D eigenvalue weighted by Gasteiger charge is -2.36. The van der Waals surface area contributed by atoms with Gasteiger partial charge in [-0.2, -0.15) is 13.2 Å². The summed E-state index contributed by atoms with van der Waals surface area (Å²) in [7, 11) is 0. The number of benzene rings is 1. The number of anilines is 1. The number of aromatic nitrogens is 1. The van der Waals surface area contributed by atoms with Crippen molar-refractivity contribution in [1.29, 1.82) is 0 Å². The molecular weight excluding hydrogens is 460 g/mol. The van der Waals surface area contributed by atoms with E-state index < -0.39 is 42.1 Å². The first kappa shape index (κ1) is 25.0. The molecule has 2 aliphatic heterocycles. The first-order chi connectivity index (χ1) is 15.1. The Labute approximate surface area is 193 Å². The maximum absolute atomic E-state index is 14.9. The Kier molecular flexibility index (Phi) is 7.04. The van der Waals surface area contributed by atoms with Crippen molar-refractivity contribution in [2.45, 2.75) is 38.6 Å². The summed E-state index contributed by atoms with van der Waals surface area (Å²) >= 11 is 0.976. The average molecular weight is 485 g/mol. The lowest BCUT2D eigenvalue weighted by molar-refractivity contribution is -0.215. The number of nitrogens with two attached hydrogens (primary N) is 1. The smallest absolute Gasteiger partial charge is 0.379 e. The van der Waals surface area contributed by atoms with Crippen LogP contribution in [0.25, 0.3) is 0 Å². The first-order valence-corrected chi connectivity index (χ1v) is 10.9. The molecule has 2 aliphatic rings. The molecular formula is C22H24F4N4O2S.